The van der Waals surface area contributed by atoms with Crippen LogP contribution in [0.4, 0.5) is 0 Å². The average Bonchev–Trinajstić information content (AvgIpc) is 2.45. The Kier molecular flexibility index (Phi) is 4.43. The zero-order chi connectivity index (χ0) is 16.5. The van der Waals surface area contributed by atoms with E-state index < -0.39 is 8.32 Å². The Hall–Kier alpha value is -1.68. The Morgan fingerprint density at radius 2 is 1.36 bits per heavy atom. The molecule has 4 heteroatoms. The van der Waals surface area contributed by atoms with Crippen LogP contribution in [0.15, 0.2) is 30.3 Å². The number of hydrogen-bond acceptors (Lipinski definition) is 3. The average molecular weight is 318 g/mol. The van der Waals surface area contributed by atoms with Gasteiger partial charge in [0.25, 0.3) is 8.32 Å². The molecule has 2 aromatic rings. The molecular formula is C18H26O3Si. The zero-order valence-electron chi connectivity index (χ0n) is 14.6. The molecule has 0 radical (unpaired) electrons. The van der Waals surface area contributed by atoms with Crippen molar-refractivity contribution in [1.29, 1.82) is 0 Å². The van der Waals surface area contributed by atoms with Gasteiger partial charge in [-0.3, -0.25) is 0 Å². The number of fused-ring (bicyclic) bond motifs is 1. The van der Waals surface area contributed by atoms with Crippen molar-refractivity contribution in [2.45, 2.75) is 38.9 Å². The minimum atomic E-state index is -1.90. The van der Waals surface area contributed by atoms with Crippen LogP contribution in [0.5, 0.6) is 17.2 Å². The lowest BCUT2D eigenvalue weighted by Crippen LogP contribution is -2.43. The number of ether oxygens (including phenoxy) is 2. The predicted octanol–water partition coefficient (Wildman–Crippen LogP) is 5.24. The van der Waals surface area contributed by atoms with Crippen LogP contribution in [0, 0.1) is 0 Å². The van der Waals surface area contributed by atoms with Gasteiger partial charge in [-0.25, -0.2) is 0 Å². The van der Waals surface area contributed by atoms with E-state index in [1.807, 2.05) is 24.3 Å². The first kappa shape index (κ1) is 16.7. The van der Waals surface area contributed by atoms with Gasteiger partial charge >= 0.3 is 0 Å². The Morgan fingerprint density at radius 3 is 1.91 bits per heavy atom. The number of hydrogen-bond donors (Lipinski definition) is 0. The Morgan fingerprint density at radius 1 is 0.818 bits per heavy atom. The summed E-state index contributed by atoms with van der Waals surface area (Å²) in [5.41, 5.74) is 0. The van der Waals surface area contributed by atoms with E-state index in [0.717, 1.165) is 28.0 Å². The summed E-state index contributed by atoms with van der Waals surface area (Å²) >= 11 is 0. The molecule has 2 aromatic carbocycles. The van der Waals surface area contributed by atoms with Gasteiger partial charge in [0, 0.05) is 5.39 Å². The molecule has 0 amide bonds. The van der Waals surface area contributed by atoms with Gasteiger partial charge in [0.15, 0.2) is 0 Å². The fourth-order valence-electron chi connectivity index (χ4n) is 2.17. The van der Waals surface area contributed by atoms with Gasteiger partial charge in [-0.1, -0.05) is 32.9 Å². The van der Waals surface area contributed by atoms with E-state index in [9.17, 15) is 0 Å². The van der Waals surface area contributed by atoms with Crippen molar-refractivity contribution in [3.63, 3.8) is 0 Å². The molecule has 22 heavy (non-hydrogen) atoms. The Labute approximate surface area is 134 Å². The van der Waals surface area contributed by atoms with Crippen LogP contribution in [0.25, 0.3) is 10.8 Å². The second-order valence-electron chi connectivity index (χ2n) is 7.01. The maximum Gasteiger partial charge on any atom is 0.250 e. The summed E-state index contributed by atoms with van der Waals surface area (Å²) in [5.74, 6) is 2.51. The summed E-state index contributed by atoms with van der Waals surface area (Å²) in [6.45, 7) is 11.2. The second kappa shape index (κ2) is 5.84. The third-order valence-electron chi connectivity index (χ3n) is 4.54. The molecule has 0 aliphatic rings. The summed E-state index contributed by atoms with van der Waals surface area (Å²) in [4.78, 5) is 0. The molecule has 0 aliphatic carbocycles. The zero-order valence-corrected chi connectivity index (χ0v) is 15.6. The smallest absolute Gasteiger partial charge is 0.250 e. The highest BCUT2D eigenvalue weighted by Crippen LogP contribution is 2.43. The van der Waals surface area contributed by atoms with E-state index in [0.29, 0.717) is 0 Å². The maximum atomic E-state index is 6.51. The summed E-state index contributed by atoms with van der Waals surface area (Å²) in [7, 11) is 1.45. The quantitative estimate of drug-likeness (QED) is 0.721. The summed E-state index contributed by atoms with van der Waals surface area (Å²) in [6, 6.07) is 9.94. The largest absolute Gasteiger partial charge is 0.543 e. The molecule has 0 aliphatic heterocycles. The third kappa shape index (κ3) is 2.93. The fourth-order valence-corrected chi connectivity index (χ4v) is 3.21. The van der Waals surface area contributed by atoms with Crippen molar-refractivity contribution in [1.82, 2.24) is 0 Å². The molecular weight excluding hydrogens is 292 g/mol. The van der Waals surface area contributed by atoms with Gasteiger partial charge in [0.1, 0.15) is 17.2 Å². The van der Waals surface area contributed by atoms with E-state index in [4.69, 9.17) is 13.9 Å². The molecule has 0 saturated carbocycles. The minimum absolute atomic E-state index is 0.151. The van der Waals surface area contributed by atoms with Crippen molar-refractivity contribution in [2.24, 2.45) is 0 Å². The predicted molar refractivity (Wildman–Crippen MR) is 94.9 cm³/mol. The van der Waals surface area contributed by atoms with Crippen LogP contribution in [0.2, 0.25) is 18.1 Å². The lowest BCUT2D eigenvalue weighted by atomic mass is 10.1. The highest BCUT2D eigenvalue weighted by molar-refractivity contribution is 6.74. The van der Waals surface area contributed by atoms with Crippen LogP contribution in [-0.4, -0.2) is 22.5 Å². The molecule has 0 fully saturated rings. The van der Waals surface area contributed by atoms with Crippen LogP contribution >= 0.6 is 0 Å². The van der Waals surface area contributed by atoms with Crippen LogP contribution in [0.1, 0.15) is 20.8 Å². The second-order valence-corrected chi connectivity index (χ2v) is 11.7. The minimum Gasteiger partial charge on any atom is -0.543 e. The molecule has 0 bridgehead atoms. The molecule has 0 unspecified atom stereocenters. The maximum absolute atomic E-state index is 6.51. The molecule has 0 spiro atoms. The molecule has 120 valence electrons. The summed E-state index contributed by atoms with van der Waals surface area (Å²) in [6.07, 6.45) is 0. The first-order valence-corrected chi connectivity index (χ1v) is 10.4. The molecule has 0 atom stereocenters. The van der Waals surface area contributed by atoms with E-state index in [1.54, 1.807) is 14.2 Å². The Balaban J connectivity index is 2.62. The Bertz CT molecular complexity index is 662. The molecule has 2 rings (SSSR count). The van der Waals surface area contributed by atoms with Gasteiger partial charge < -0.3 is 13.9 Å². The first-order chi connectivity index (χ1) is 10.2. The molecule has 0 heterocycles. The van der Waals surface area contributed by atoms with Gasteiger partial charge in [0.2, 0.25) is 0 Å². The van der Waals surface area contributed by atoms with Crippen molar-refractivity contribution in [2.75, 3.05) is 14.2 Å². The van der Waals surface area contributed by atoms with Crippen LogP contribution in [0.3, 0.4) is 0 Å². The number of rotatable bonds is 4. The molecule has 0 N–H and O–H groups in total. The molecule has 0 aromatic heterocycles. The normalized spacial score (nSPS) is 12.3. The van der Waals surface area contributed by atoms with Crippen molar-refractivity contribution < 1.29 is 13.9 Å². The fraction of sp³-hybridized carbons (Fsp3) is 0.444. The standard InChI is InChI=1S/C18H26O3Si/c1-18(2,3)22(6,7)21-14-11-12-16(20-5)17-13(14)9-8-10-15(17)19-4/h8-12H,1-7H3. The topological polar surface area (TPSA) is 27.7 Å². The van der Waals surface area contributed by atoms with E-state index in [2.05, 4.69) is 39.9 Å². The van der Waals surface area contributed by atoms with E-state index in [1.165, 1.54) is 0 Å². The highest BCUT2D eigenvalue weighted by atomic mass is 28.4. The van der Waals surface area contributed by atoms with Gasteiger partial charge in [-0.05, 0) is 36.3 Å². The summed E-state index contributed by atoms with van der Waals surface area (Å²) in [5, 5.41) is 2.14. The van der Waals surface area contributed by atoms with Crippen LogP contribution < -0.4 is 13.9 Å². The molecule has 0 saturated heterocycles. The number of methoxy groups -OCH3 is 2. The monoisotopic (exact) mass is 318 g/mol. The van der Waals surface area contributed by atoms with Crippen molar-refractivity contribution >= 4 is 19.1 Å². The first-order valence-electron chi connectivity index (χ1n) is 7.54. The van der Waals surface area contributed by atoms with Crippen molar-refractivity contribution in [3.8, 4) is 17.2 Å². The van der Waals surface area contributed by atoms with Crippen molar-refractivity contribution in [3.05, 3.63) is 30.3 Å². The van der Waals surface area contributed by atoms with Gasteiger partial charge in [0.05, 0.1) is 19.6 Å². The van der Waals surface area contributed by atoms with E-state index in [-0.39, 0.29) is 5.04 Å². The van der Waals surface area contributed by atoms with E-state index >= 15 is 0 Å². The van der Waals surface area contributed by atoms with Crippen LogP contribution in [-0.2, 0) is 0 Å². The van der Waals surface area contributed by atoms with Gasteiger partial charge in [-0.2, -0.15) is 0 Å². The summed E-state index contributed by atoms with van der Waals surface area (Å²) < 4.78 is 17.5. The van der Waals surface area contributed by atoms with Gasteiger partial charge in [-0.15, -0.1) is 0 Å². The third-order valence-corrected chi connectivity index (χ3v) is 8.88. The highest BCUT2D eigenvalue weighted by Gasteiger charge is 2.39. The SMILES string of the molecule is COc1cccc2c(O[Si](C)(C)C(C)(C)C)ccc(OC)c12. The number of benzene rings is 2. The lowest BCUT2D eigenvalue weighted by molar-refractivity contribution is 0.404. The lowest BCUT2D eigenvalue weighted by Gasteiger charge is -2.36. The molecule has 3 nitrogen and oxygen atoms in total.